The SMILES string of the molecule is CCCC1CCC(N)C(S(=O)c2ccc([N+](=O)[O-])cc2)C1. The Kier molecular flexibility index (Phi) is 5.47. The molecule has 0 radical (unpaired) electrons. The van der Waals surface area contributed by atoms with Gasteiger partial charge in [-0.3, -0.25) is 14.3 Å². The Morgan fingerprint density at radius 1 is 1.33 bits per heavy atom. The molecular formula is C15H22N2O3S. The summed E-state index contributed by atoms with van der Waals surface area (Å²) >= 11 is 0. The van der Waals surface area contributed by atoms with Crippen LogP contribution < -0.4 is 5.73 Å². The fraction of sp³-hybridized carbons (Fsp3) is 0.600. The maximum Gasteiger partial charge on any atom is 0.269 e. The second kappa shape index (κ2) is 7.13. The normalized spacial score (nSPS) is 27.2. The average molecular weight is 310 g/mol. The van der Waals surface area contributed by atoms with Gasteiger partial charge in [-0.15, -0.1) is 0 Å². The predicted molar refractivity (Wildman–Crippen MR) is 83.5 cm³/mol. The second-order valence-corrected chi connectivity index (χ2v) is 7.39. The standard InChI is InChI=1S/C15H22N2O3S/c1-2-3-11-4-9-14(16)15(10-11)21(20)13-7-5-12(6-8-13)17(18)19/h5-8,11,14-15H,2-4,9-10,16H2,1H3. The Morgan fingerprint density at radius 2 is 2.00 bits per heavy atom. The first kappa shape index (κ1) is 16.1. The Morgan fingerprint density at radius 3 is 2.57 bits per heavy atom. The number of rotatable bonds is 5. The van der Waals surface area contributed by atoms with Crippen molar-refractivity contribution < 1.29 is 9.13 Å². The zero-order valence-electron chi connectivity index (χ0n) is 12.2. The highest BCUT2D eigenvalue weighted by molar-refractivity contribution is 7.85. The number of nitro benzene ring substituents is 1. The van der Waals surface area contributed by atoms with E-state index in [9.17, 15) is 14.3 Å². The third kappa shape index (κ3) is 3.89. The van der Waals surface area contributed by atoms with Crippen molar-refractivity contribution in [1.82, 2.24) is 0 Å². The number of non-ortho nitro benzene ring substituents is 1. The Hall–Kier alpha value is -1.27. The Balaban J connectivity index is 2.11. The minimum absolute atomic E-state index is 0.0209. The summed E-state index contributed by atoms with van der Waals surface area (Å²) in [6.07, 6.45) is 5.20. The lowest BCUT2D eigenvalue weighted by atomic mass is 9.83. The van der Waals surface area contributed by atoms with Crippen LogP contribution in [0.3, 0.4) is 0 Å². The third-order valence-electron chi connectivity index (χ3n) is 4.20. The summed E-state index contributed by atoms with van der Waals surface area (Å²) in [7, 11) is -1.19. The van der Waals surface area contributed by atoms with Crippen LogP contribution in [0.5, 0.6) is 0 Å². The molecule has 2 N–H and O–H groups in total. The number of hydrogen-bond acceptors (Lipinski definition) is 4. The highest BCUT2D eigenvalue weighted by Crippen LogP contribution is 2.32. The van der Waals surface area contributed by atoms with E-state index in [0.717, 1.165) is 32.1 Å². The zero-order valence-corrected chi connectivity index (χ0v) is 13.1. The molecule has 1 aliphatic rings. The van der Waals surface area contributed by atoms with Crippen molar-refractivity contribution in [2.45, 2.75) is 55.2 Å². The number of nitrogens with zero attached hydrogens (tertiary/aromatic N) is 1. The second-order valence-electron chi connectivity index (χ2n) is 5.72. The maximum atomic E-state index is 12.7. The van der Waals surface area contributed by atoms with Crippen LogP contribution in [0.25, 0.3) is 0 Å². The third-order valence-corrected chi connectivity index (χ3v) is 6.03. The van der Waals surface area contributed by atoms with Crippen molar-refractivity contribution in [2.75, 3.05) is 0 Å². The van der Waals surface area contributed by atoms with E-state index >= 15 is 0 Å². The van der Waals surface area contributed by atoms with Crippen LogP contribution in [-0.4, -0.2) is 20.4 Å². The molecule has 1 aliphatic carbocycles. The Bertz CT molecular complexity index is 518. The molecule has 1 saturated carbocycles. The molecule has 116 valence electrons. The molecule has 0 spiro atoms. The summed E-state index contributed by atoms with van der Waals surface area (Å²) in [6, 6.07) is 5.94. The molecule has 4 atom stereocenters. The topological polar surface area (TPSA) is 86.2 Å². The van der Waals surface area contributed by atoms with Gasteiger partial charge >= 0.3 is 0 Å². The number of nitrogens with two attached hydrogens (primary N) is 1. The van der Waals surface area contributed by atoms with Crippen LogP contribution in [0.15, 0.2) is 29.2 Å². The van der Waals surface area contributed by atoms with E-state index in [4.69, 9.17) is 5.73 Å². The fourth-order valence-corrected chi connectivity index (χ4v) is 4.68. The lowest BCUT2D eigenvalue weighted by Gasteiger charge is -2.33. The summed E-state index contributed by atoms with van der Waals surface area (Å²) < 4.78 is 12.7. The summed E-state index contributed by atoms with van der Waals surface area (Å²) in [5.74, 6) is 0.599. The maximum absolute atomic E-state index is 12.7. The van der Waals surface area contributed by atoms with E-state index in [1.165, 1.54) is 12.1 Å². The van der Waals surface area contributed by atoms with Crippen LogP contribution in [-0.2, 0) is 10.8 Å². The van der Waals surface area contributed by atoms with Crippen LogP contribution in [0.2, 0.25) is 0 Å². The molecule has 5 nitrogen and oxygen atoms in total. The smallest absolute Gasteiger partial charge is 0.269 e. The van der Waals surface area contributed by atoms with E-state index in [1.807, 2.05) is 0 Å². The van der Waals surface area contributed by atoms with Gasteiger partial charge in [0.2, 0.25) is 0 Å². The van der Waals surface area contributed by atoms with Gasteiger partial charge in [0.05, 0.1) is 21.0 Å². The molecule has 1 fully saturated rings. The predicted octanol–water partition coefficient (Wildman–Crippen LogP) is 3.00. The molecule has 2 rings (SSSR count). The lowest BCUT2D eigenvalue weighted by Crippen LogP contribution is -2.43. The molecule has 0 amide bonds. The van der Waals surface area contributed by atoms with E-state index in [1.54, 1.807) is 12.1 Å². The molecule has 21 heavy (non-hydrogen) atoms. The first-order valence-corrected chi connectivity index (χ1v) is 8.64. The molecule has 0 bridgehead atoms. The van der Waals surface area contributed by atoms with Gasteiger partial charge in [-0.1, -0.05) is 19.8 Å². The molecule has 0 aromatic heterocycles. The van der Waals surface area contributed by atoms with E-state index in [0.29, 0.717) is 10.8 Å². The van der Waals surface area contributed by atoms with Gasteiger partial charge in [0.15, 0.2) is 0 Å². The van der Waals surface area contributed by atoms with Gasteiger partial charge in [0.1, 0.15) is 0 Å². The van der Waals surface area contributed by atoms with E-state index in [-0.39, 0.29) is 17.0 Å². The van der Waals surface area contributed by atoms with Gasteiger partial charge in [-0.25, -0.2) is 0 Å². The molecule has 4 unspecified atom stereocenters. The fourth-order valence-electron chi connectivity index (χ4n) is 3.03. The highest BCUT2D eigenvalue weighted by Gasteiger charge is 2.32. The van der Waals surface area contributed by atoms with Crippen molar-refractivity contribution in [3.63, 3.8) is 0 Å². The molecule has 1 aromatic carbocycles. The molecule has 0 aliphatic heterocycles. The quantitative estimate of drug-likeness (QED) is 0.669. The van der Waals surface area contributed by atoms with Crippen molar-refractivity contribution >= 4 is 16.5 Å². The van der Waals surface area contributed by atoms with Gasteiger partial charge < -0.3 is 5.73 Å². The van der Waals surface area contributed by atoms with Gasteiger partial charge in [-0.05, 0) is 37.3 Å². The highest BCUT2D eigenvalue weighted by atomic mass is 32.2. The van der Waals surface area contributed by atoms with E-state index < -0.39 is 15.7 Å². The summed E-state index contributed by atoms with van der Waals surface area (Å²) in [5, 5.41) is 10.6. The van der Waals surface area contributed by atoms with E-state index in [2.05, 4.69) is 6.92 Å². The number of benzene rings is 1. The summed E-state index contributed by atoms with van der Waals surface area (Å²) in [4.78, 5) is 10.8. The lowest BCUT2D eigenvalue weighted by molar-refractivity contribution is -0.384. The zero-order chi connectivity index (χ0) is 15.4. The van der Waals surface area contributed by atoms with Crippen molar-refractivity contribution in [1.29, 1.82) is 0 Å². The first-order valence-electron chi connectivity index (χ1n) is 7.43. The summed E-state index contributed by atoms with van der Waals surface area (Å²) in [6.45, 7) is 2.16. The largest absolute Gasteiger partial charge is 0.327 e. The summed E-state index contributed by atoms with van der Waals surface area (Å²) in [5.41, 5.74) is 6.17. The van der Waals surface area contributed by atoms with Crippen LogP contribution in [0.4, 0.5) is 5.69 Å². The Labute approximate surface area is 127 Å². The van der Waals surface area contributed by atoms with Gasteiger partial charge in [0, 0.05) is 23.1 Å². The number of nitro groups is 1. The molecule has 0 saturated heterocycles. The monoisotopic (exact) mass is 310 g/mol. The van der Waals surface area contributed by atoms with Gasteiger partial charge in [-0.2, -0.15) is 0 Å². The van der Waals surface area contributed by atoms with Crippen LogP contribution in [0.1, 0.15) is 39.0 Å². The molecule has 1 aromatic rings. The van der Waals surface area contributed by atoms with Crippen molar-refractivity contribution in [3.8, 4) is 0 Å². The van der Waals surface area contributed by atoms with Crippen LogP contribution in [0, 0.1) is 16.0 Å². The molecule has 0 heterocycles. The van der Waals surface area contributed by atoms with Crippen LogP contribution >= 0.6 is 0 Å². The van der Waals surface area contributed by atoms with Gasteiger partial charge in [0.25, 0.3) is 5.69 Å². The van der Waals surface area contributed by atoms with Crippen molar-refractivity contribution in [3.05, 3.63) is 34.4 Å². The average Bonchev–Trinajstić information content (AvgIpc) is 2.49. The molecule has 6 heteroatoms. The molecular weight excluding hydrogens is 288 g/mol. The minimum Gasteiger partial charge on any atom is -0.327 e. The number of hydrogen-bond donors (Lipinski definition) is 1. The minimum atomic E-state index is -1.19. The van der Waals surface area contributed by atoms with Crippen molar-refractivity contribution in [2.24, 2.45) is 11.7 Å². The first-order chi connectivity index (χ1) is 10.0.